The van der Waals surface area contributed by atoms with Crippen molar-refractivity contribution in [2.45, 2.75) is 46.5 Å². The standard InChI is InChI=1S/C23H26/c1-5-7-9-19-21-13-11-16(3)14-22(21)18(8-6-2)20-12-10-17(4)15-23(19)20/h5,10-15H,1,6-9H2,2-4H3. The van der Waals surface area contributed by atoms with Crippen LogP contribution in [0.15, 0.2) is 49.1 Å². The number of aryl methyl sites for hydroxylation is 4. The SMILES string of the molecule is C=CCCc1c2ccc(C)cc2c(CCC)c2ccc(C)cc12. The summed E-state index contributed by atoms with van der Waals surface area (Å²) in [6, 6.07) is 13.9. The molecule has 0 bridgehead atoms. The molecular formula is C23H26. The van der Waals surface area contributed by atoms with E-state index in [0.29, 0.717) is 0 Å². The van der Waals surface area contributed by atoms with Gasteiger partial charge in [-0.2, -0.15) is 0 Å². The number of hydrogen-bond donors (Lipinski definition) is 0. The lowest BCUT2D eigenvalue weighted by Gasteiger charge is -2.17. The molecule has 0 aliphatic heterocycles. The van der Waals surface area contributed by atoms with Gasteiger partial charge >= 0.3 is 0 Å². The summed E-state index contributed by atoms with van der Waals surface area (Å²) in [5.41, 5.74) is 5.68. The Morgan fingerprint density at radius 3 is 1.78 bits per heavy atom. The first-order chi connectivity index (χ1) is 11.2. The molecule has 0 amide bonds. The molecule has 0 aliphatic rings. The van der Waals surface area contributed by atoms with E-state index in [-0.39, 0.29) is 0 Å². The lowest BCUT2D eigenvalue weighted by molar-refractivity contribution is 0.935. The maximum absolute atomic E-state index is 3.91. The summed E-state index contributed by atoms with van der Waals surface area (Å²) >= 11 is 0. The summed E-state index contributed by atoms with van der Waals surface area (Å²) in [7, 11) is 0. The van der Waals surface area contributed by atoms with Gasteiger partial charge in [0.05, 0.1) is 0 Å². The van der Waals surface area contributed by atoms with Crippen LogP contribution in [0.5, 0.6) is 0 Å². The van der Waals surface area contributed by atoms with Gasteiger partial charge in [0.1, 0.15) is 0 Å². The Morgan fingerprint density at radius 2 is 1.30 bits per heavy atom. The molecule has 0 heteroatoms. The molecule has 0 spiro atoms. The van der Waals surface area contributed by atoms with Crippen LogP contribution < -0.4 is 0 Å². The molecule has 0 saturated carbocycles. The predicted octanol–water partition coefficient (Wildman–Crippen LogP) is 6.68. The van der Waals surface area contributed by atoms with Gasteiger partial charge in [0.2, 0.25) is 0 Å². The number of benzene rings is 3. The normalized spacial score (nSPS) is 11.3. The Hall–Kier alpha value is -2.08. The molecule has 23 heavy (non-hydrogen) atoms. The van der Waals surface area contributed by atoms with Gasteiger partial charge in [0, 0.05) is 0 Å². The molecule has 0 aromatic heterocycles. The first kappa shape index (κ1) is 15.8. The molecular weight excluding hydrogens is 276 g/mol. The smallest absolute Gasteiger partial charge is 0.0140 e. The van der Waals surface area contributed by atoms with Crippen molar-refractivity contribution in [3.05, 3.63) is 71.3 Å². The Bertz CT molecular complexity index is 868. The van der Waals surface area contributed by atoms with Crippen LogP contribution in [0, 0.1) is 13.8 Å². The molecule has 3 rings (SSSR count). The van der Waals surface area contributed by atoms with Gasteiger partial charge in [-0.15, -0.1) is 6.58 Å². The van der Waals surface area contributed by atoms with Gasteiger partial charge in [-0.05, 0) is 65.8 Å². The quantitative estimate of drug-likeness (QED) is 0.364. The summed E-state index contributed by atoms with van der Waals surface area (Å²) in [5, 5.41) is 5.75. The summed E-state index contributed by atoms with van der Waals surface area (Å²) in [6.07, 6.45) is 6.44. The van der Waals surface area contributed by atoms with Gasteiger partial charge in [0.15, 0.2) is 0 Å². The lowest BCUT2D eigenvalue weighted by atomic mass is 9.87. The minimum Gasteiger partial charge on any atom is -0.103 e. The fraction of sp³-hybridized carbons (Fsp3) is 0.304. The van der Waals surface area contributed by atoms with Crippen LogP contribution in [0.4, 0.5) is 0 Å². The lowest BCUT2D eigenvalue weighted by Crippen LogP contribution is -1.97. The fourth-order valence-electron chi connectivity index (χ4n) is 3.67. The van der Waals surface area contributed by atoms with Crippen LogP contribution in [0.25, 0.3) is 21.5 Å². The molecule has 3 aromatic carbocycles. The summed E-state index contributed by atoms with van der Waals surface area (Å²) in [5.74, 6) is 0. The maximum Gasteiger partial charge on any atom is -0.0140 e. The minimum absolute atomic E-state index is 1.03. The molecule has 0 nitrogen and oxygen atoms in total. The highest BCUT2D eigenvalue weighted by Crippen LogP contribution is 2.35. The van der Waals surface area contributed by atoms with Crippen LogP contribution in [-0.2, 0) is 12.8 Å². The maximum atomic E-state index is 3.91. The Morgan fingerprint density at radius 1 is 0.783 bits per heavy atom. The van der Waals surface area contributed by atoms with E-state index in [1.807, 2.05) is 6.08 Å². The zero-order chi connectivity index (χ0) is 16.4. The third kappa shape index (κ3) is 2.91. The zero-order valence-corrected chi connectivity index (χ0v) is 14.6. The average Bonchev–Trinajstić information content (AvgIpc) is 2.54. The van der Waals surface area contributed by atoms with Gasteiger partial charge in [-0.1, -0.05) is 66.9 Å². The second-order valence-corrected chi connectivity index (χ2v) is 6.63. The van der Waals surface area contributed by atoms with Gasteiger partial charge in [-0.3, -0.25) is 0 Å². The third-order valence-corrected chi connectivity index (χ3v) is 4.75. The van der Waals surface area contributed by atoms with Crippen LogP contribution in [-0.4, -0.2) is 0 Å². The first-order valence-electron chi connectivity index (χ1n) is 8.71. The molecule has 0 aliphatic carbocycles. The van der Waals surface area contributed by atoms with Crippen molar-refractivity contribution in [2.24, 2.45) is 0 Å². The predicted molar refractivity (Wildman–Crippen MR) is 103 cm³/mol. The third-order valence-electron chi connectivity index (χ3n) is 4.75. The largest absolute Gasteiger partial charge is 0.103 e. The van der Waals surface area contributed by atoms with Crippen molar-refractivity contribution < 1.29 is 0 Å². The van der Waals surface area contributed by atoms with E-state index < -0.39 is 0 Å². The van der Waals surface area contributed by atoms with Crippen molar-refractivity contribution in [3.8, 4) is 0 Å². The Kier molecular flexibility index (Phi) is 4.52. The number of rotatable bonds is 5. The minimum atomic E-state index is 1.03. The molecule has 0 unspecified atom stereocenters. The molecule has 0 fully saturated rings. The van der Waals surface area contributed by atoms with E-state index in [4.69, 9.17) is 0 Å². The molecule has 0 saturated heterocycles. The number of allylic oxidation sites excluding steroid dienone is 1. The van der Waals surface area contributed by atoms with E-state index in [1.54, 1.807) is 0 Å². The number of hydrogen-bond acceptors (Lipinski definition) is 0. The van der Waals surface area contributed by atoms with E-state index in [1.165, 1.54) is 50.2 Å². The van der Waals surface area contributed by atoms with E-state index in [9.17, 15) is 0 Å². The molecule has 0 N–H and O–H groups in total. The first-order valence-corrected chi connectivity index (χ1v) is 8.71. The second kappa shape index (κ2) is 6.58. The second-order valence-electron chi connectivity index (χ2n) is 6.63. The molecule has 0 heterocycles. The highest BCUT2D eigenvalue weighted by Gasteiger charge is 2.13. The highest BCUT2D eigenvalue weighted by atomic mass is 14.2. The Balaban J connectivity index is 2.46. The monoisotopic (exact) mass is 302 g/mol. The van der Waals surface area contributed by atoms with Gasteiger partial charge in [0.25, 0.3) is 0 Å². The van der Waals surface area contributed by atoms with E-state index in [2.05, 4.69) is 63.7 Å². The van der Waals surface area contributed by atoms with Gasteiger partial charge in [-0.25, -0.2) is 0 Å². The molecule has 0 radical (unpaired) electrons. The molecule has 3 aromatic rings. The van der Waals surface area contributed by atoms with E-state index >= 15 is 0 Å². The summed E-state index contributed by atoms with van der Waals surface area (Å²) in [6.45, 7) is 10.6. The van der Waals surface area contributed by atoms with Crippen molar-refractivity contribution >= 4 is 21.5 Å². The highest BCUT2D eigenvalue weighted by molar-refractivity contribution is 6.06. The topological polar surface area (TPSA) is 0 Å². The van der Waals surface area contributed by atoms with Crippen LogP contribution >= 0.6 is 0 Å². The fourth-order valence-corrected chi connectivity index (χ4v) is 3.67. The average molecular weight is 302 g/mol. The number of fused-ring (bicyclic) bond motifs is 2. The van der Waals surface area contributed by atoms with Crippen molar-refractivity contribution in [2.75, 3.05) is 0 Å². The molecule has 118 valence electrons. The summed E-state index contributed by atoms with van der Waals surface area (Å²) < 4.78 is 0. The zero-order valence-electron chi connectivity index (χ0n) is 14.6. The van der Waals surface area contributed by atoms with E-state index in [0.717, 1.165) is 19.3 Å². The van der Waals surface area contributed by atoms with Crippen molar-refractivity contribution in [1.29, 1.82) is 0 Å². The van der Waals surface area contributed by atoms with Crippen molar-refractivity contribution in [3.63, 3.8) is 0 Å². The van der Waals surface area contributed by atoms with Gasteiger partial charge < -0.3 is 0 Å². The Labute approximate surface area is 139 Å². The van der Waals surface area contributed by atoms with Crippen LogP contribution in [0.2, 0.25) is 0 Å². The van der Waals surface area contributed by atoms with Crippen LogP contribution in [0.3, 0.4) is 0 Å². The molecule has 0 atom stereocenters. The van der Waals surface area contributed by atoms with Crippen molar-refractivity contribution in [1.82, 2.24) is 0 Å². The van der Waals surface area contributed by atoms with Crippen LogP contribution in [0.1, 0.15) is 42.0 Å². The summed E-state index contributed by atoms with van der Waals surface area (Å²) in [4.78, 5) is 0.